The molecule has 3 aromatic heterocycles. The molecule has 0 saturated heterocycles. The van der Waals surface area contributed by atoms with Gasteiger partial charge in [-0.3, -0.25) is 14.5 Å². The number of aryl methyl sites for hydroxylation is 1. The highest BCUT2D eigenvalue weighted by Gasteiger charge is 2.33. The lowest BCUT2D eigenvalue weighted by Gasteiger charge is -2.31. The maximum Gasteiger partial charge on any atom is 0.276 e. The van der Waals surface area contributed by atoms with E-state index in [9.17, 15) is 13.6 Å². The largest absolute Gasteiger partial charge is 0.343 e. The summed E-state index contributed by atoms with van der Waals surface area (Å²) in [5.74, 6) is -1.96. The molecule has 1 aliphatic carbocycles. The maximum absolute atomic E-state index is 13.9. The predicted octanol–water partition coefficient (Wildman–Crippen LogP) is 3.88. The van der Waals surface area contributed by atoms with Crippen LogP contribution in [0.1, 0.15) is 35.4 Å². The molecule has 0 bridgehead atoms. The Bertz CT molecular complexity index is 1150. The smallest absolute Gasteiger partial charge is 0.276 e. The molecule has 10 heteroatoms. The number of thiazole rings is 1. The third kappa shape index (κ3) is 3.83. The Kier molecular flexibility index (Phi) is 5.01. The van der Waals surface area contributed by atoms with Crippen LogP contribution in [-0.4, -0.2) is 38.7 Å². The monoisotopic (exact) mass is 442 g/mol. The van der Waals surface area contributed by atoms with Gasteiger partial charge in [0.2, 0.25) is 0 Å². The van der Waals surface area contributed by atoms with Crippen LogP contribution in [0.25, 0.3) is 5.57 Å². The van der Waals surface area contributed by atoms with Crippen LogP contribution >= 0.6 is 11.3 Å². The topological polar surface area (TPSA) is 75.9 Å². The molecule has 1 fully saturated rings. The Morgan fingerprint density at radius 2 is 2.03 bits per heavy atom. The van der Waals surface area contributed by atoms with Crippen molar-refractivity contribution in [2.24, 2.45) is 13.0 Å². The normalized spacial score (nSPS) is 16.7. The number of hydrogen-bond acceptors (Lipinski definition) is 6. The second kappa shape index (κ2) is 7.84. The molecular formula is C21H20F2N6OS. The quantitative estimate of drug-likeness (QED) is 0.649. The summed E-state index contributed by atoms with van der Waals surface area (Å²) in [4.78, 5) is 22.8. The highest BCUT2D eigenvalue weighted by Crippen LogP contribution is 2.44. The molecule has 4 heterocycles. The van der Waals surface area contributed by atoms with Gasteiger partial charge in [0.1, 0.15) is 5.69 Å². The lowest BCUT2D eigenvalue weighted by molar-refractivity contribution is 0.102. The first-order valence-corrected chi connectivity index (χ1v) is 10.9. The van der Waals surface area contributed by atoms with Gasteiger partial charge in [0, 0.05) is 31.7 Å². The summed E-state index contributed by atoms with van der Waals surface area (Å²) in [6.07, 6.45) is 6.81. The van der Waals surface area contributed by atoms with E-state index in [0.29, 0.717) is 12.5 Å². The molecule has 0 aromatic carbocycles. The first-order chi connectivity index (χ1) is 15.0. The minimum Gasteiger partial charge on any atom is -0.343 e. The Morgan fingerprint density at radius 1 is 1.26 bits per heavy atom. The Labute approximate surface area is 181 Å². The van der Waals surface area contributed by atoms with Gasteiger partial charge in [0.05, 0.1) is 18.1 Å². The van der Waals surface area contributed by atoms with E-state index in [1.807, 2.05) is 5.38 Å². The molecule has 31 heavy (non-hydrogen) atoms. The first-order valence-electron chi connectivity index (χ1n) is 10.0. The van der Waals surface area contributed by atoms with Crippen LogP contribution in [-0.2, 0) is 7.05 Å². The van der Waals surface area contributed by atoms with Crippen LogP contribution in [0.2, 0.25) is 0 Å². The van der Waals surface area contributed by atoms with E-state index >= 15 is 0 Å². The lowest BCUT2D eigenvalue weighted by atomic mass is 9.94. The van der Waals surface area contributed by atoms with Crippen LogP contribution < -0.4 is 10.2 Å². The van der Waals surface area contributed by atoms with Crippen LogP contribution in [0.15, 0.2) is 35.6 Å². The zero-order valence-corrected chi connectivity index (χ0v) is 17.6. The fourth-order valence-corrected chi connectivity index (χ4v) is 4.68. The molecule has 1 N–H and O–H groups in total. The van der Waals surface area contributed by atoms with E-state index in [0.717, 1.165) is 41.8 Å². The van der Waals surface area contributed by atoms with Gasteiger partial charge >= 0.3 is 0 Å². The average Bonchev–Trinajstić information content (AvgIpc) is 3.30. The number of nitrogens with one attached hydrogen (secondary N) is 1. The molecule has 1 aliphatic heterocycles. The van der Waals surface area contributed by atoms with Crippen molar-refractivity contribution in [1.82, 2.24) is 19.7 Å². The third-order valence-corrected chi connectivity index (χ3v) is 6.49. The Hall–Kier alpha value is -3.14. The van der Waals surface area contributed by atoms with Crippen LogP contribution in [0.4, 0.5) is 19.6 Å². The van der Waals surface area contributed by atoms with Crippen molar-refractivity contribution >= 4 is 33.6 Å². The Morgan fingerprint density at radius 3 is 2.71 bits per heavy atom. The van der Waals surface area contributed by atoms with Crippen LogP contribution in [0.3, 0.4) is 0 Å². The highest BCUT2D eigenvalue weighted by molar-refractivity contribution is 7.13. The first kappa shape index (κ1) is 19.8. The van der Waals surface area contributed by atoms with E-state index in [2.05, 4.69) is 25.3 Å². The van der Waals surface area contributed by atoms with Gasteiger partial charge in [0.15, 0.2) is 22.5 Å². The molecule has 0 atom stereocenters. The highest BCUT2D eigenvalue weighted by atomic mass is 32.1. The van der Waals surface area contributed by atoms with E-state index in [1.54, 1.807) is 35.3 Å². The zero-order valence-electron chi connectivity index (χ0n) is 16.8. The molecule has 1 amide bonds. The van der Waals surface area contributed by atoms with Crippen molar-refractivity contribution in [3.63, 3.8) is 0 Å². The number of nitrogens with zero attached hydrogens (tertiary/aromatic N) is 5. The fraction of sp³-hybridized carbons (Fsp3) is 0.333. The molecule has 0 spiro atoms. The molecule has 160 valence electrons. The number of pyridine rings is 1. The summed E-state index contributed by atoms with van der Waals surface area (Å²) < 4.78 is 29.4. The summed E-state index contributed by atoms with van der Waals surface area (Å²) in [5.41, 5.74) is 2.97. The third-order valence-electron chi connectivity index (χ3n) is 5.66. The zero-order chi connectivity index (χ0) is 21.5. The molecule has 5 rings (SSSR count). The van der Waals surface area contributed by atoms with Gasteiger partial charge in [-0.05, 0) is 36.8 Å². The standard InChI is InChI=1S/C21H20F2N6OS/c1-28-18(8-17(27-28)20(30)26-19-15(22)9-24-10-16(19)23)14-11-29(21-25-5-7-31-21)6-4-13(14)12-2-3-12/h5,7-10,12H,2-4,6,11H2,1H3,(H,24,26,30). The van der Waals surface area contributed by atoms with E-state index in [4.69, 9.17) is 0 Å². The molecule has 2 aliphatic rings. The second-order valence-corrected chi connectivity index (χ2v) is 8.61. The summed E-state index contributed by atoms with van der Waals surface area (Å²) >= 11 is 1.60. The SMILES string of the molecule is Cn1nc(C(=O)Nc2c(F)cncc2F)cc1C1=C(C2CC2)CCN(c2nccs2)C1. The predicted molar refractivity (Wildman–Crippen MR) is 114 cm³/mol. The fourth-order valence-electron chi connectivity index (χ4n) is 4.01. The van der Waals surface area contributed by atoms with Crippen molar-refractivity contribution in [2.45, 2.75) is 19.3 Å². The Balaban J connectivity index is 1.45. The number of halogens is 2. The van der Waals surface area contributed by atoms with Crippen molar-refractivity contribution < 1.29 is 13.6 Å². The van der Waals surface area contributed by atoms with Gasteiger partial charge in [-0.25, -0.2) is 13.8 Å². The van der Waals surface area contributed by atoms with Crippen molar-refractivity contribution in [3.05, 3.63) is 58.6 Å². The molecule has 7 nitrogen and oxygen atoms in total. The molecule has 0 radical (unpaired) electrons. The number of hydrogen-bond donors (Lipinski definition) is 1. The van der Waals surface area contributed by atoms with Crippen molar-refractivity contribution in [2.75, 3.05) is 23.3 Å². The molecule has 0 unspecified atom stereocenters. The minimum atomic E-state index is -0.936. The van der Waals surface area contributed by atoms with Crippen molar-refractivity contribution in [1.29, 1.82) is 0 Å². The number of anilines is 2. The number of amides is 1. The van der Waals surface area contributed by atoms with E-state index < -0.39 is 23.2 Å². The van der Waals surface area contributed by atoms with Crippen LogP contribution in [0.5, 0.6) is 0 Å². The molecular weight excluding hydrogens is 422 g/mol. The van der Waals surface area contributed by atoms with E-state index in [-0.39, 0.29) is 5.69 Å². The number of carbonyl (C=O) groups excluding carboxylic acids is 1. The average molecular weight is 442 g/mol. The maximum atomic E-state index is 13.9. The van der Waals surface area contributed by atoms with Crippen LogP contribution in [0, 0.1) is 17.6 Å². The van der Waals surface area contributed by atoms with Crippen molar-refractivity contribution in [3.8, 4) is 0 Å². The van der Waals surface area contributed by atoms with Gasteiger partial charge in [-0.15, -0.1) is 11.3 Å². The summed E-state index contributed by atoms with van der Waals surface area (Å²) in [6.45, 7) is 1.60. The minimum absolute atomic E-state index is 0.0992. The summed E-state index contributed by atoms with van der Waals surface area (Å²) in [7, 11) is 1.78. The number of aromatic nitrogens is 4. The summed E-state index contributed by atoms with van der Waals surface area (Å²) in [5, 5.41) is 9.52. The van der Waals surface area contributed by atoms with Gasteiger partial charge < -0.3 is 10.2 Å². The number of carbonyl (C=O) groups is 1. The van der Waals surface area contributed by atoms with E-state index in [1.165, 1.54) is 18.4 Å². The molecule has 3 aromatic rings. The second-order valence-electron chi connectivity index (χ2n) is 7.73. The van der Waals surface area contributed by atoms with Gasteiger partial charge in [-0.2, -0.15) is 5.10 Å². The van der Waals surface area contributed by atoms with Gasteiger partial charge in [0.25, 0.3) is 5.91 Å². The van der Waals surface area contributed by atoms with Gasteiger partial charge in [-0.1, -0.05) is 5.57 Å². The molecule has 1 saturated carbocycles. The lowest BCUT2D eigenvalue weighted by Crippen LogP contribution is -2.32. The number of rotatable bonds is 5. The summed E-state index contributed by atoms with van der Waals surface area (Å²) in [6, 6.07) is 1.69.